The van der Waals surface area contributed by atoms with Gasteiger partial charge in [-0.25, -0.2) is 8.42 Å². The van der Waals surface area contributed by atoms with Crippen molar-refractivity contribution in [2.75, 3.05) is 13.1 Å². The van der Waals surface area contributed by atoms with Crippen LogP contribution in [-0.2, 0) is 10.0 Å². The summed E-state index contributed by atoms with van der Waals surface area (Å²) < 4.78 is 29.2. The van der Waals surface area contributed by atoms with E-state index in [1.54, 1.807) is 16.4 Å². The monoisotopic (exact) mass is 394 g/mol. The molecule has 2 aliphatic heterocycles. The Morgan fingerprint density at radius 1 is 1.00 bits per heavy atom. The van der Waals surface area contributed by atoms with Crippen LogP contribution in [0.4, 0.5) is 0 Å². The highest BCUT2D eigenvalue weighted by Crippen LogP contribution is 2.34. The Morgan fingerprint density at radius 2 is 1.74 bits per heavy atom. The Balaban J connectivity index is 1.77. The summed E-state index contributed by atoms with van der Waals surface area (Å²) in [6.45, 7) is 1.66. The lowest BCUT2D eigenvalue weighted by Crippen LogP contribution is -2.42. The first-order chi connectivity index (χ1) is 11.1. The average Bonchev–Trinajstić information content (AvgIpc) is 2.80. The molecular formula is C17H19BrN2O2S. The zero-order chi connectivity index (χ0) is 16.0. The molecule has 2 aromatic rings. The number of fused-ring (bicyclic) bond motifs is 3. The molecule has 4 rings (SSSR count). The second kappa shape index (κ2) is 5.84. The van der Waals surface area contributed by atoms with Gasteiger partial charge in [-0.15, -0.1) is 0 Å². The smallest absolute Gasteiger partial charge is 0.243 e. The molecule has 2 atom stereocenters. The Bertz CT molecular complexity index is 839. The molecule has 122 valence electrons. The zero-order valence-corrected chi connectivity index (χ0v) is 15.1. The molecule has 2 bridgehead atoms. The van der Waals surface area contributed by atoms with Crippen molar-refractivity contribution >= 4 is 36.7 Å². The van der Waals surface area contributed by atoms with Crippen LogP contribution < -0.4 is 5.32 Å². The van der Waals surface area contributed by atoms with Crippen molar-refractivity contribution in [3.8, 4) is 0 Å². The minimum atomic E-state index is -3.44. The molecule has 23 heavy (non-hydrogen) atoms. The van der Waals surface area contributed by atoms with Crippen LogP contribution in [0.2, 0.25) is 0 Å². The van der Waals surface area contributed by atoms with E-state index in [0.29, 0.717) is 4.90 Å². The third-order valence-electron chi connectivity index (χ3n) is 4.94. The number of halogens is 1. The predicted molar refractivity (Wildman–Crippen MR) is 95.0 cm³/mol. The predicted octanol–water partition coefficient (Wildman–Crippen LogP) is 3.12. The van der Waals surface area contributed by atoms with Gasteiger partial charge in [-0.1, -0.05) is 28.1 Å². The van der Waals surface area contributed by atoms with Crippen LogP contribution in [0.3, 0.4) is 0 Å². The van der Waals surface area contributed by atoms with E-state index in [4.69, 9.17) is 0 Å². The van der Waals surface area contributed by atoms with Gasteiger partial charge in [-0.2, -0.15) is 4.31 Å². The fraction of sp³-hybridized carbons (Fsp3) is 0.412. The number of nitrogens with one attached hydrogen (secondary N) is 1. The first-order valence-electron chi connectivity index (χ1n) is 7.99. The second-order valence-electron chi connectivity index (χ2n) is 6.37. The van der Waals surface area contributed by atoms with Crippen molar-refractivity contribution in [2.45, 2.75) is 36.2 Å². The highest BCUT2D eigenvalue weighted by Gasteiger charge is 2.42. The van der Waals surface area contributed by atoms with Gasteiger partial charge >= 0.3 is 0 Å². The van der Waals surface area contributed by atoms with E-state index in [2.05, 4.69) is 21.2 Å². The van der Waals surface area contributed by atoms with E-state index >= 15 is 0 Å². The van der Waals surface area contributed by atoms with Gasteiger partial charge in [0.15, 0.2) is 0 Å². The van der Waals surface area contributed by atoms with Gasteiger partial charge in [0.1, 0.15) is 0 Å². The average molecular weight is 395 g/mol. The lowest BCUT2D eigenvalue weighted by atomic mass is 10.1. The fourth-order valence-corrected chi connectivity index (χ4v) is 6.12. The van der Waals surface area contributed by atoms with Crippen LogP contribution in [0, 0.1) is 0 Å². The SMILES string of the molecule is O=S(=O)(c1ccc2cc(Br)ccc2c1)N1C2CCNCC1CC2. The maximum absolute atomic E-state index is 13.2. The number of benzene rings is 2. The minimum Gasteiger partial charge on any atom is -0.315 e. The van der Waals surface area contributed by atoms with Crippen LogP contribution in [0.5, 0.6) is 0 Å². The molecule has 1 N–H and O–H groups in total. The van der Waals surface area contributed by atoms with Gasteiger partial charge in [0.2, 0.25) is 10.0 Å². The van der Waals surface area contributed by atoms with E-state index in [1.807, 2.05) is 24.3 Å². The normalized spacial score (nSPS) is 25.6. The van der Waals surface area contributed by atoms with Crippen LogP contribution in [-0.4, -0.2) is 37.9 Å². The van der Waals surface area contributed by atoms with E-state index in [9.17, 15) is 8.42 Å². The topological polar surface area (TPSA) is 49.4 Å². The molecule has 2 unspecified atom stereocenters. The van der Waals surface area contributed by atoms with Crippen molar-refractivity contribution < 1.29 is 8.42 Å². The molecule has 4 nitrogen and oxygen atoms in total. The minimum absolute atomic E-state index is 0.0908. The van der Waals surface area contributed by atoms with Gasteiger partial charge in [0.25, 0.3) is 0 Å². The lowest BCUT2D eigenvalue weighted by molar-refractivity contribution is 0.334. The van der Waals surface area contributed by atoms with Crippen molar-refractivity contribution in [1.82, 2.24) is 9.62 Å². The number of hydrogen-bond acceptors (Lipinski definition) is 3. The molecule has 2 fully saturated rings. The quantitative estimate of drug-likeness (QED) is 0.850. The molecule has 0 spiro atoms. The number of nitrogens with zero attached hydrogens (tertiary/aromatic N) is 1. The standard InChI is InChI=1S/C17H19BrN2O2S/c18-14-3-1-13-10-17(6-2-12(13)9-14)23(21,22)20-15-4-5-16(20)11-19-8-7-15/h1-3,6,9-10,15-16,19H,4-5,7-8,11H2. The summed E-state index contributed by atoms with van der Waals surface area (Å²) >= 11 is 3.45. The fourth-order valence-electron chi connectivity index (χ4n) is 3.81. The Kier molecular flexibility index (Phi) is 3.96. The maximum Gasteiger partial charge on any atom is 0.243 e. The summed E-state index contributed by atoms with van der Waals surface area (Å²) in [7, 11) is -3.44. The van der Waals surface area contributed by atoms with Crippen molar-refractivity contribution in [3.63, 3.8) is 0 Å². The molecule has 2 aliphatic rings. The van der Waals surface area contributed by atoms with E-state index in [0.717, 1.165) is 47.6 Å². The van der Waals surface area contributed by atoms with Gasteiger partial charge in [0.05, 0.1) is 4.90 Å². The Labute approximate surface area is 145 Å². The van der Waals surface area contributed by atoms with Crippen molar-refractivity contribution in [3.05, 3.63) is 40.9 Å². The molecule has 0 amide bonds. The first kappa shape index (κ1) is 15.6. The lowest BCUT2D eigenvalue weighted by Gasteiger charge is -2.27. The van der Waals surface area contributed by atoms with Crippen LogP contribution in [0.15, 0.2) is 45.8 Å². The third kappa shape index (κ3) is 2.71. The molecule has 0 aliphatic carbocycles. The zero-order valence-electron chi connectivity index (χ0n) is 12.7. The van der Waals surface area contributed by atoms with Crippen LogP contribution >= 0.6 is 15.9 Å². The molecule has 0 radical (unpaired) electrons. The van der Waals surface area contributed by atoms with Gasteiger partial charge in [-0.3, -0.25) is 0 Å². The molecule has 6 heteroatoms. The number of rotatable bonds is 2. The van der Waals surface area contributed by atoms with E-state index in [1.165, 1.54) is 0 Å². The highest BCUT2D eigenvalue weighted by molar-refractivity contribution is 9.10. The summed E-state index contributed by atoms with van der Waals surface area (Å²) in [5.41, 5.74) is 0. The Hall–Kier alpha value is -0.950. The van der Waals surface area contributed by atoms with Crippen molar-refractivity contribution in [1.29, 1.82) is 0 Å². The van der Waals surface area contributed by atoms with E-state index in [-0.39, 0.29) is 12.1 Å². The molecular weight excluding hydrogens is 376 g/mol. The summed E-state index contributed by atoms with van der Waals surface area (Å²) in [5, 5.41) is 5.35. The number of hydrogen-bond donors (Lipinski definition) is 1. The van der Waals surface area contributed by atoms with Gasteiger partial charge < -0.3 is 5.32 Å². The molecule has 2 saturated heterocycles. The summed E-state index contributed by atoms with van der Waals surface area (Å²) in [4.78, 5) is 0.408. The second-order valence-corrected chi connectivity index (χ2v) is 9.12. The van der Waals surface area contributed by atoms with Gasteiger partial charge in [0, 0.05) is 23.1 Å². The number of sulfonamides is 1. The maximum atomic E-state index is 13.2. The molecule has 2 heterocycles. The van der Waals surface area contributed by atoms with Gasteiger partial charge in [-0.05, 0) is 60.8 Å². The summed E-state index contributed by atoms with van der Waals surface area (Å²) in [5.74, 6) is 0. The third-order valence-corrected chi connectivity index (χ3v) is 7.43. The van der Waals surface area contributed by atoms with Crippen LogP contribution in [0.1, 0.15) is 19.3 Å². The molecule has 0 aromatic heterocycles. The highest BCUT2D eigenvalue weighted by atomic mass is 79.9. The van der Waals surface area contributed by atoms with Crippen LogP contribution in [0.25, 0.3) is 10.8 Å². The molecule has 2 aromatic carbocycles. The summed E-state index contributed by atoms with van der Waals surface area (Å²) in [6.07, 6.45) is 2.83. The molecule has 0 saturated carbocycles. The Morgan fingerprint density at radius 3 is 2.61 bits per heavy atom. The first-order valence-corrected chi connectivity index (χ1v) is 10.2. The summed E-state index contributed by atoms with van der Waals surface area (Å²) in [6, 6.07) is 11.6. The van der Waals surface area contributed by atoms with Crippen molar-refractivity contribution in [2.24, 2.45) is 0 Å². The van der Waals surface area contributed by atoms with E-state index < -0.39 is 10.0 Å². The largest absolute Gasteiger partial charge is 0.315 e.